The maximum Gasteiger partial charge on any atom is 0.129 e. The second-order valence-electron chi connectivity index (χ2n) is 3.59. The lowest BCUT2D eigenvalue weighted by atomic mass is 10.2. The van der Waals surface area contributed by atoms with Gasteiger partial charge in [0, 0.05) is 12.4 Å². The van der Waals surface area contributed by atoms with Crippen molar-refractivity contribution in [2.45, 2.75) is 0 Å². The van der Waals surface area contributed by atoms with E-state index < -0.39 is 0 Å². The van der Waals surface area contributed by atoms with Crippen LogP contribution in [0.4, 0.5) is 0 Å². The standard InChI is InChI=1S/C15H14N2/c1-3-7-14(8-4-1)11-16-13-17-12-15-9-5-2-6-10-15/h1-12H,13H2/b16-11+,17-12+. The maximum atomic E-state index is 4.23. The Labute approximate surface area is 101 Å². The molecule has 0 atom stereocenters. The maximum absolute atomic E-state index is 4.23. The normalized spacial score (nSPS) is 11.3. The summed E-state index contributed by atoms with van der Waals surface area (Å²) in [7, 11) is 0. The first kappa shape index (κ1) is 11.3. The van der Waals surface area contributed by atoms with Crippen molar-refractivity contribution in [2.75, 3.05) is 6.67 Å². The predicted molar refractivity (Wildman–Crippen MR) is 72.9 cm³/mol. The fourth-order valence-electron chi connectivity index (χ4n) is 1.42. The molecule has 84 valence electrons. The first-order valence-electron chi connectivity index (χ1n) is 5.55. The molecule has 0 aliphatic carbocycles. The van der Waals surface area contributed by atoms with Crippen LogP contribution in [0, 0.1) is 0 Å². The van der Waals surface area contributed by atoms with Crippen LogP contribution in [0.1, 0.15) is 11.1 Å². The molecule has 0 radical (unpaired) electrons. The Morgan fingerprint density at radius 2 is 1.06 bits per heavy atom. The van der Waals surface area contributed by atoms with Crippen molar-refractivity contribution in [2.24, 2.45) is 9.98 Å². The van der Waals surface area contributed by atoms with E-state index in [0.717, 1.165) is 11.1 Å². The molecule has 0 spiro atoms. The lowest BCUT2D eigenvalue weighted by molar-refractivity contribution is 1.08. The lowest BCUT2D eigenvalue weighted by Gasteiger charge is -1.91. The van der Waals surface area contributed by atoms with Crippen LogP contribution in [-0.2, 0) is 0 Å². The third-order valence-electron chi connectivity index (χ3n) is 2.24. The van der Waals surface area contributed by atoms with Gasteiger partial charge >= 0.3 is 0 Å². The Kier molecular flexibility index (Phi) is 4.23. The van der Waals surface area contributed by atoms with E-state index in [4.69, 9.17) is 0 Å². The number of benzene rings is 2. The Balaban J connectivity index is 1.84. The van der Waals surface area contributed by atoms with Crippen LogP contribution in [0.15, 0.2) is 70.6 Å². The van der Waals surface area contributed by atoms with Gasteiger partial charge in [0.1, 0.15) is 6.67 Å². The van der Waals surface area contributed by atoms with Crippen molar-refractivity contribution in [3.63, 3.8) is 0 Å². The first-order chi connectivity index (χ1) is 8.45. The van der Waals surface area contributed by atoms with Crippen LogP contribution in [0.3, 0.4) is 0 Å². The van der Waals surface area contributed by atoms with Gasteiger partial charge in [0.15, 0.2) is 0 Å². The summed E-state index contributed by atoms with van der Waals surface area (Å²) in [6.45, 7) is 0.462. The highest BCUT2D eigenvalue weighted by atomic mass is 14.9. The molecule has 2 heteroatoms. The molecule has 0 saturated carbocycles. The number of rotatable bonds is 4. The van der Waals surface area contributed by atoms with E-state index in [0.29, 0.717) is 6.67 Å². The van der Waals surface area contributed by atoms with Gasteiger partial charge < -0.3 is 0 Å². The Morgan fingerprint density at radius 3 is 1.47 bits per heavy atom. The minimum Gasteiger partial charge on any atom is -0.269 e. The fourth-order valence-corrected chi connectivity index (χ4v) is 1.42. The molecule has 0 fully saturated rings. The summed E-state index contributed by atoms with van der Waals surface area (Å²) in [6, 6.07) is 20.0. The van der Waals surface area contributed by atoms with Crippen LogP contribution in [0.5, 0.6) is 0 Å². The van der Waals surface area contributed by atoms with Crippen LogP contribution in [0.25, 0.3) is 0 Å². The highest BCUT2D eigenvalue weighted by molar-refractivity contribution is 5.80. The molecule has 0 bridgehead atoms. The second kappa shape index (κ2) is 6.38. The molecule has 0 aromatic heterocycles. The van der Waals surface area contributed by atoms with Crippen molar-refractivity contribution in [1.82, 2.24) is 0 Å². The van der Waals surface area contributed by atoms with Gasteiger partial charge in [-0.05, 0) is 11.1 Å². The predicted octanol–water partition coefficient (Wildman–Crippen LogP) is 3.18. The summed E-state index contributed by atoms with van der Waals surface area (Å²) in [4.78, 5) is 8.47. The minimum absolute atomic E-state index is 0.462. The molecule has 0 aliphatic rings. The van der Waals surface area contributed by atoms with Gasteiger partial charge in [0.25, 0.3) is 0 Å². The number of nitrogens with zero attached hydrogens (tertiary/aromatic N) is 2. The van der Waals surface area contributed by atoms with Gasteiger partial charge in [-0.2, -0.15) is 0 Å². The van der Waals surface area contributed by atoms with Crippen molar-refractivity contribution in [3.05, 3.63) is 71.8 Å². The molecule has 0 unspecified atom stereocenters. The van der Waals surface area contributed by atoms with Crippen LogP contribution < -0.4 is 0 Å². The Bertz CT molecular complexity index is 439. The van der Waals surface area contributed by atoms with E-state index in [1.54, 1.807) is 0 Å². The van der Waals surface area contributed by atoms with Gasteiger partial charge in [0.2, 0.25) is 0 Å². The fraction of sp³-hybridized carbons (Fsp3) is 0.0667. The molecule has 2 nitrogen and oxygen atoms in total. The summed E-state index contributed by atoms with van der Waals surface area (Å²) in [5, 5.41) is 0. The molecule has 0 N–H and O–H groups in total. The van der Waals surface area contributed by atoms with Gasteiger partial charge in [-0.25, -0.2) is 0 Å². The van der Waals surface area contributed by atoms with Crippen molar-refractivity contribution < 1.29 is 0 Å². The molecular weight excluding hydrogens is 208 g/mol. The van der Waals surface area contributed by atoms with E-state index in [9.17, 15) is 0 Å². The minimum atomic E-state index is 0.462. The van der Waals surface area contributed by atoms with Gasteiger partial charge in [-0.3, -0.25) is 9.98 Å². The zero-order valence-corrected chi connectivity index (χ0v) is 9.53. The quantitative estimate of drug-likeness (QED) is 0.710. The number of aliphatic imine (C=N–C) groups is 2. The van der Waals surface area contributed by atoms with Crippen molar-refractivity contribution >= 4 is 12.4 Å². The van der Waals surface area contributed by atoms with Gasteiger partial charge in [-0.1, -0.05) is 60.7 Å². The highest BCUT2D eigenvalue weighted by Crippen LogP contribution is 1.95. The number of hydrogen-bond acceptors (Lipinski definition) is 2. The topological polar surface area (TPSA) is 24.7 Å². The molecule has 0 heterocycles. The van der Waals surface area contributed by atoms with E-state index in [1.807, 2.05) is 73.1 Å². The third kappa shape index (κ3) is 4.03. The van der Waals surface area contributed by atoms with Crippen molar-refractivity contribution in [3.8, 4) is 0 Å². The number of hydrogen-bond donors (Lipinski definition) is 0. The SMILES string of the molecule is C(=N\C/N=C/c1ccccc1)/c1ccccc1. The Morgan fingerprint density at radius 1 is 0.647 bits per heavy atom. The summed E-state index contributed by atoms with van der Waals surface area (Å²) in [5.74, 6) is 0. The zero-order chi connectivity index (χ0) is 11.8. The van der Waals surface area contributed by atoms with Crippen LogP contribution in [-0.4, -0.2) is 19.1 Å². The molecule has 17 heavy (non-hydrogen) atoms. The molecule has 0 amide bonds. The summed E-state index contributed by atoms with van der Waals surface area (Å²) in [6.07, 6.45) is 3.67. The van der Waals surface area contributed by atoms with E-state index in [-0.39, 0.29) is 0 Å². The van der Waals surface area contributed by atoms with Crippen molar-refractivity contribution in [1.29, 1.82) is 0 Å². The summed E-state index contributed by atoms with van der Waals surface area (Å²) < 4.78 is 0. The average molecular weight is 222 g/mol. The van der Waals surface area contributed by atoms with E-state index in [1.165, 1.54) is 0 Å². The van der Waals surface area contributed by atoms with E-state index in [2.05, 4.69) is 9.98 Å². The molecule has 2 aromatic carbocycles. The van der Waals surface area contributed by atoms with Crippen LogP contribution in [0.2, 0.25) is 0 Å². The van der Waals surface area contributed by atoms with E-state index >= 15 is 0 Å². The zero-order valence-electron chi connectivity index (χ0n) is 9.53. The molecule has 0 saturated heterocycles. The Hall–Kier alpha value is -2.22. The molecule has 2 aromatic rings. The average Bonchev–Trinajstić information content (AvgIpc) is 2.41. The summed E-state index contributed by atoms with van der Waals surface area (Å²) in [5.41, 5.74) is 2.20. The highest BCUT2D eigenvalue weighted by Gasteiger charge is 1.83. The first-order valence-corrected chi connectivity index (χ1v) is 5.55. The lowest BCUT2D eigenvalue weighted by Crippen LogP contribution is -1.83. The van der Waals surface area contributed by atoms with Gasteiger partial charge in [0.05, 0.1) is 0 Å². The largest absolute Gasteiger partial charge is 0.269 e. The van der Waals surface area contributed by atoms with Gasteiger partial charge in [-0.15, -0.1) is 0 Å². The summed E-state index contributed by atoms with van der Waals surface area (Å²) >= 11 is 0. The molecular formula is C15H14N2. The third-order valence-corrected chi connectivity index (χ3v) is 2.24. The smallest absolute Gasteiger partial charge is 0.129 e. The molecule has 2 rings (SSSR count). The second-order valence-corrected chi connectivity index (χ2v) is 3.59. The molecule has 0 aliphatic heterocycles. The monoisotopic (exact) mass is 222 g/mol. The van der Waals surface area contributed by atoms with Crippen LogP contribution >= 0.6 is 0 Å².